The summed E-state index contributed by atoms with van der Waals surface area (Å²) in [5.41, 5.74) is 6.92. The van der Waals surface area contributed by atoms with Crippen molar-refractivity contribution in [2.24, 2.45) is 5.41 Å². The van der Waals surface area contributed by atoms with E-state index < -0.39 is 0 Å². The van der Waals surface area contributed by atoms with Crippen molar-refractivity contribution in [1.29, 1.82) is 0 Å². The second-order valence-corrected chi connectivity index (χ2v) is 6.06. The molecule has 1 fully saturated rings. The van der Waals surface area contributed by atoms with Gasteiger partial charge >= 0.3 is 0 Å². The molecule has 0 saturated carbocycles. The minimum atomic E-state index is -0.123. The lowest BCUT2D eigenvalue weighted by molar-refractivity contribution is 0.0882. The van der Waals surface area contributed by atoms with Crippen LogP contribution in [0.5, 0.6) is 0 Å². The number of carbonyl (C=O) groups excluding carboxylic acids is 1. The lowest BCUT2D eigenvalue weighted by Crippen LogP contribution is -2.43. The number of nitrogen functional groups attached to an aromatic ring is 1. The number of rotatable bonds is 4. The van der Waals surface area contributed by atoms with Gasteiger partial charge in [0.05, 0.1) is 11.9 Å². The molecule has 0 atom stereocenters. The first-order chi connectivity index (χ1) is 9.45. The summed E-state index contributed by atoms with van der Waals surface area (Å²) in [5.74, 6) is -0.123. The molecule has 112 valence electrons. The van der Waals surface area contributed by atoms with Gasteiger partial charge in [0.1, 0.15) is 5.69 Å². The van der Waals surface area contributed by atoms with Gasteiger partial charge in [-0.15, -0.1) is 0 Å². The van der Waals surface area contributed by atoms with Crippen LogP contribution in [0.3, 0.4) is 0 Å². The number of carbonyl (C=O) groups is 1. The Balaban J connectivity index is 1.97. The molecule has 1 aromatic heterocycles. The van der Waals surface area contributed by atoms with Gasteiger partial charge in [0.2, 0.25) is 0 Å². The number of aromatic nitrogens is 2. The number of nitrogens with two attached hydrogens (primary N) is 1. The monoisotopic (exact) mass is 279 g/mol. The molecule has 1 aromatic rings. The van der Waals surface area contributed by atoms with E-state index in [0.29, 0.717) is 24.5 Å². The smallest absolute Gasteiger partial charge is 0.271 e. The van der Waals surface area contributed by atoms with Crippen LogP contribution >= 0.6 is 0 Å². The number of amides is 1. The van der Waals surface area contributed by atoms with Gasteiger partial charge in [-0.2, -0.15) is 5.10 Å². The standard InChI is InChI=1S/C14H25N5O/c1-4-19-12(11(15)9-17-19)13(20)16-10-14(2)5-7-18(3)8-6-14/h9H,4-8,10,15H2,1-3H3,(H,16,20). The fourth-order valence-electron chi connectivity index (χ4n) is 2.60. The van der Waals surface area contributed by atoms with E-state index in [1.54, 1.807) is 4.68 Å². The molecule has 0 bridgehead atoms. The second-order valence-electron chi connectivity index (χ2n) is 6.06. The molecule has 6 heteroatoms. The number of aryl methyl sites for hydroxylation is 1. The van der Waals surface area contributed by atoms with E-state index in [-0.39, 0.29) is 11.3 Å². The zero-order valence-electron chi connectivity index (χ0n) is 12.6. The fourth-order valence-corrected chi connectivity index (χ4v) is 2.60. The summed E-state index contributed by atoms with van der Waals surface area (Å²) < 4.78 is 1.64. The Morgan fingerprint density at radius 3 is 2.75 bits per heavy atom. The van der Waals surface area contributed by atoms with Gasteiger partial charge in [0.15, 0.2) is 0 Å². The Kier molecular flexibility index (Phi) is 4.32. The van der Waals surface area contributed by atoms with Crippen molar-refractivity contribution in [3.63, 3.8) is 0 Å². The maximum absolute atomic E-state index is 12.3. The molecule has 3 N–H and O–H groups in total. The number of hydrogen-bond donors (Lipinski definition) is 2. The summed E-state index contributed by atoms with van der Waals surface area (Å²) in [6.45, 7) is 7.68. The van der Waals surface area contributed by atoms with Gasteiger partial charge in [-0.3, -0.25) is 9.48 Å². The molecule has 0 aliphatic carbocycles. The third-order valence-electron chi connectivity index (χ3n) is 4.25. The Labute approximate surface area is 120 Å². The predicted molar refractivity (Wildman–Crippen MR) is 79.5 cm³/mol. The fraction of sp³-hybridized carbons (Fsp3) is 0.714. The molecule has 1 aliphatic rings. The molecule has 1 aliphatic heterocycles. The lowest BCUT2D eigenvalue weighted by Gasteiger charge is -2.37. The summed E-state index contributed by atoms with van der Waals surface area (Å²) in [4.78, 5) is 14.6. The van der Waals surface area contributed by atoms with Crippen molar-refractivity contribution in [3.05, 3.63) is 11.9 Å². The van der Waals surface area contributed by atoms with E-state index in [0.717, 1.165) is 25.9 Å². The first-order valence-corrected chi connectivity index (χ1v) is 7.23. The molecule has 2 rings (SSSR count). The van der Waals surface area contributed by atoms with Crippen LogP contribution in [0.25, 0.3) is 0 Å². The van der Waals surface area contributed by atoms with Crippen molar-refractivity contribution in [1.82, 2.24) is 20.0 Å². The molecule has 1 amide bonds. The average molecular weight is 279 g/mol. The van der Waals surface area contributed by atoms with Crippen LogP contribution in [0.4, 0.5) is 5.69 Å². The maximum Gasteiger partial charge on any atom is 0.271 e. The zero-order chi connectivity index (χ0) is 14.8. The van der Waals surface area contributed by atoms with E-state index in [1.807, 2.05) is 6.92 Å². The SMILES string of the molecule is CCn1ncc(N)c1C(=O)NCC1(C)CCN(C)CC1. The minimum Gasteiger partial charge on any atom is -0.396 e. The van der Waals surface area contributed by atoms with Gasteiger partial charge in [-0.1, -0.05) is 6.92 Å². The Morgan fingerprint density at radius 1 is 1.50 bits per heavy atom. The van der Waals surface area contributed by atoms with Crippen molar-refractivity contribution >= 4 is 11.6 Å². The van der Waals surface area contributed by atoms with Crippen molar-refractivity contribution in [2.75, 3.05) is 32.4 Å². The molecule has 0 aromatic carbocycles. The summed E-state index contributed by atoms with van der Waals surface area (Å²) in [6, 6.07) is 0. The van der Waals surface area contributed by atoms with Gasteiger partial charge in [0, 0.05) is 13.1 Å². The van der Waals surface area contributed by atoms with Crippen LogP contribution in [-0.2, 0) is 6.54 Å². The highest BCUT2D eigenvalue weighted by atomic mass is 16.2. The largest absolute Gasteiger partial charge is 0.396 e. The van der Waals surface area contributed by atoms with Crippen LogP contribution in [-0.4, -0.2) is 47.3 Å². The molecule has 1 saturated heterocycles. The van der Waals surface area contributed by atoms with Gasteiger partial charge in [0.25, 0.3) is 5.91 Å². The zero-order valence-corrected chi connectivity index (χ0v) is 12.6. The Hall–Kier alpha value is -1.56. The maximum atomic E-state index is 12.3. The topological polar surface area (TPSA) is 76.2 Å². The van der Waals surface area contributed by atoms with E-state index in [9.17, 15) is 4.79 Å². The summed E-state index contributed by atoms with van der Waals surface area (Å²) in [7, 11) is 2.14. The van der Waals surface area contributed by atoms with Gasteiger partial charge in [-0.05, 0) is 45.3 Å². The average Bonchev–Trinajstić information content (AvgIpc) is 2.81. The number of likely N-dealkylation sites (tertiary alicyclic amines) is 1. The van der Waals surface area contributed by atoms with Crippen molar-refractivity contribution in [3.8, 4) is 0 Å². The molecule has 2 heterocycles. The number of hydrogen-bond acceptors (Lipinski definition) is 4. The van der Waals surface area contributed by atoms with Crippen LogP contribution in [0, 0.1) is 5.41 Å². The Morgan fingerprint density at radius 2 is 2.15 bits per heavy atom. The number of nitrogens with zero attached hydrogens (tertiary/aromatic N) is 3. The quantitative estimate of drug-likeness (QED) is 0.860. The van der Waals surface area contributed by atoms with Crippen LogP contribution < -0.4 is 11.1 Å². The molecule has 0 unspecified atom stereocenters. The van der Waals surface area contributed by atoms with Crippen LogP contribution in [0.15, 0.2) is 6.20 Å². The molecule has 0 spiro atoms. The highest BCUT2D eigenvalue weighted by Gasteiger charge is 2.29. The van der Waals surface area contributed by atoms with Crippen molar-refractivity contribution < 1.29 is 4.79 Å². The third-order valence-corrected chi connectivity index (χ3v) is 4.25. The first-order valence-electron chi connectivity index (χ1n) is 7.23. The number of nitrogens with one attached hydrogen (secondary N) is 1. The highest BCUT2D eigenvalue weighted by Crippen LogP contribution is 2.29. The normalized spacial score (nSPS) is 18.9. The van der Waals surface area contributed by atoms with Gasteiger partial charge in [-0.25, -0.2) is 0 Å². The lowest BCUT2D eigenvalue weighted by atomic mass is 9.80. The number of anilines is 1. The van der Waals surface area contributed by atoms with Crippen molar-refractivity contribution in [2.45, 2.75) is 33.2 Å². The third kappa shape index (κ3) is 3.12. The summed E-state index contributed by atoms with van der Waals surface area (Å²) in [5, 5.41) is 7.13. The minimum absolute atomic E-state index is 0.123. The van der Waals surface area contributed by atoms with E-state index in [1.165, 1.54) is 6.20 Å². The molecule has 20 heavy (non-hydrogen) atoms. The highest BCUT2D eigenvalue weighted by molar-refractivity contribution is 5.97. The molecular formula is C14H25N5O. The summed E-state index contributed by atoms with van der Waals surface area (Å²) >= 11 is 0. The van der Waals surface area contributed by atoms with E-state index in [4.69, 9.17) is 5.73 Å². The van der Waals surface area contributed by atoms with Crippen LogP contribution in [0.2, 0.25) is 0 Å². The second kappa shape index (κ2) is 5.83. The molecule has 0 radical (unpaired) electrons. The van der Waals surface area contributed by atoms with Crippen LogP contribution in [0.1, 0.15) is 37.2 Å². The number of piperidine rings is 1. The first kappa shape index (κ1) is 14.8. The summed E-state index contributed by atoms with van der Waals surface area (Å²) in [6.07, 6.45) is 3.74. The predicted octanol–water partition coefficient (Wildman–Crippen LogP) is 0.947. The molecule has 6 nitrogen and oxygen atoms in total. The molecular weight excluding hydrogens is 254 g/mol. The van der Waals surface area contributed by atoms with E-state index >= 15 is 0 Å². The van der Waals surface area contributed by atoms with E-state index in [2.05, 4.69) is 29.3 Å². The van der Waals surface area contributed by atoms with Gasteiger partial charge < -0.3 is 16.0 Å². The Bertz CT molecular complexity index is 474.